The highest BCUT2D eigenvalue weighted by Crippen LogP contribution is 2.26. The number of allylic oxidation sites excluding steroid dienone is 3. The molecule has 6 heteroatoms. The maximum absolute atomic E-state index is 12.5. The van der Waals surface area contributed by atoms with E-state index >= 15 is 0 Å². The molecule has 162 valence electrons. The van der Waals surface area contributed by atoms with E-state index in [0.29, 0.717) is 0 Å². The van der Waals surface area contributed by atoms with Crippen LogP contribution in [0.25, 0.3) is 0 Å². The Morgan fingerprint density at radius 2 is 1.87 bits per heavy atom. The van der Waals surface area contributed by atoms with Crippen molar-refractivity contribution in [3.05, 3.63) is 41.3 Å². The van der Waals surface area contributed by atoms with Crippen molar-refractivity contribution >= 4 is 11.9 Å². The van der Waals surface area contributed by atoms with E-state index in [0.717, 1.165) is 76.2 Å². The molecule has 30 heavy (non-hydrogen) atoms. The number of nitrogens with zero attached hydrogens (tertiary/aromatic N) is 5. The number of rotatable bonds is 5. The van der Waals surface area contributed by atoms with Gasteiger partial charge in [-0.05, 0) is 51.2 Å². The topological polar surface area (TPSA) is 52.6 Å². The van der Waals surface area contributed by atoms with Crippen LogP contribution in [0, 0.1) is 0 Å². The second-order valence-electron chi connectivity index (χ2n) is 8.99. The van der Waals surface area contributed by atoms with Gasteiger partial charge in [0.2, 0.25) is 11.9 Å². The lowest BCUT2D eigenvalue weighted by Gasteiger charge is -2.43. The largest absolute Gasteiger partial charge is 0.338 e. The molecule has 0 N–H and O–H groups in total. The number of anilines is 1. The molecule has 3 heterocycles. The number of amides is 1. The first-order chi connectivity index (χ1) is 14.6. The van der Waals surface area contributed by atoms with Gasteiger partial charge in [0.25, 0.3) is 0 Å². The van der Waals surface area contributed by atoms with Gasteiger partial charge in [0.15, 0.2) is 0 Å². The minimum absolute atomic E-state index is 0.102. The van der Waals surface area contributed by atoms with Gasteiger partial charge in [-0.2, -0.15) is 0 Å². The zero-order valence-electron chi connectivity index (χ0n) is 18.5. The second-order valence-corrected chi connectivity index (χ2v) is 8.99. The summed E-state index contributed by atoms with van der Waals surface area (Å²) < 4.78 is 0. The lowest BCUT2D eigenvalue weighted by Crippen LogP contribution is -2.52. The molecule has 1 saturated heterocycles. The van der Waals surface area contributed by atoms with Gasteiger partial charge in [-0.1, -0.05) is 24.1 Å². The fourth-order valence-corrected chi connectivity index (χ4v) is 4.45. The SMILES string of the molecule is CC(C)=CC/C=C/C(=O)N1CCc2cnc(N3CCN(C4CCC4)CC3)nc2CC1. The molecule has 0 bridgehead atoms. The Kier molecular flexibility index (Phi) is 6.82. The number of hydrogen-bond acceptors (Lipinski definition) is 5. The highest BCUT2D eigenvalue weighted by molar-refractivity contribution is 5.87. The molecule has 3 aliphatic rings. The van der Waals surface area contributed by atoms with Crippen LogP contribution in [0.15, 0.2) is 30.0 Å². The Balaban J connectivity index is 1.33. The number of fused-ring (bicyclic) bond motifs is 1. The quantitative estimate of drug-likeness (QED) is 0.553. The van der Waals surface area contributed by atoms with Crippen LogP contribution in [0.4, 0.5) is 5.95 Å². The number of hydrogen-bond donors (Lipinski definition) is 0. The van der Waals surface area contributed by atoms with Gasteiger partial charge in [-0.25, -0.2) is 9.97 Å². The molecule has 2 fully saturated rings. The third-order valence-electron chi connectivity index (χ3n) is 6.63. The summed E-state index contributed by atoms with van der Waals surface area (Å²) in [5.41, 5.74) is 3.58. The summed E-state index contributed by atoms with van der Waals surface area (Å²) in [5.74, 6) is 0.966. The van der Waals surface area contributed by atoms with Gasteiger partial charge < -0.3 is 9.80 Å². The molecule has 0 atom stereocenters. The van der Waals surface area contributed by atoms with Crippen LogP contribution in [0.3, 0.4) is 0 Å². The molecule has 1 amide bonds. The molecule has 1 aliphatic carbocycles. The first kappa shape index (κ1) is 21.0. The fourth-order valence-electron chi connectivity index (χ4n) is 4.45. The Morgan fingerprint density at radius 3 is 2.57 bits per heavy atom. The van der Waals surface area contributed by atoms with Gasteiger partial charge in [-0.3, -0.25) is 9.69 Å². The molecule has 0 spiro atoms. The standard InChI is InChI=1S/C24H35N5O/c1-19(2)6-3-4-9-23(30)28-12-10-20-18-25-24(26-22(20)11-13-28)29-16-14-27(15-17-29)21-7-5-8-21/h4,6,9,18,21H,3,5,7-8,10-17H2,1-2H3/b9-4+. The Labute approximate surface area is 180 Å². The van der Waals surface area contributed by atoms with Crippen molar-refractivity contribution in [2.24, 2.45) is 0 Å². The lowest BCUT2D eigenvalue weighted by molar-refractivity contribution is -0.125. The van der Waals surface area contributed by atoms with E-state index in [1.807, 2.05) is 17.2 Å². The van der Waals surface area contributed by atoms with Crippen LogP contribution >= 0.6 is 0 Å². The van der Waals surface area contributed by atoms with Crippen molar-refractivity contribution in [2.45, 2.75) is 58.4 Å². The highest BCUT2D eigenvalue weighted by atomic mass is 16.2. The number of carbonyl (C=O) groups excluding carboxylic acids is 1. The van der Waals surface area contributed by atoms with Crippen LogP contribution in [-0.2, 0) is 17.6 Å². The van der Waals surface area contributed by atoms with E-state index in [1.54, 1.807) is 6.08 Å². The fraction of sp³-hybridized carbons (Fsp3) is 0.625. The molecular formula is C24H35N5O. The second kappa shape index (κ2) is 9.73. The highest BCUT2D eigenvalue weighted by Gasteiger charge is 2.29. The number of aromatic nitrogens is 2. The third-order valence-corrected chi connectivity index (χ3v) is 6.63. The summed E-state index contributed by atoms with van der Waals surface area (Å²) >= 11 is 0. The maximum atomic E-state index is 12.5. The zero-order valence-corrected chi connectivity index (χ0v) is 18.5. The van der Waals surface area contributed by atoms with E-state index in [1.165, 1.54) is 30.4 Å². The average molecular weight is 410 g/mol. The normalized spacial score (nSPS) is 20.6. The lowest BCUT2D eigenvalue weighted by atomic mass is 9.91. The third kappa shape index (κ3) is 5.09. The van der Waals surface area contributed by atoms with Crippen molar-refractivity contribution in [2.75, 3.05) is 44.2 Å². The summed E-state index contributed by atoms with van der Waals surface area (Å²) in [5, 5.41) is 0. The van der Waals surface area contributed by atoms with E-state index in [9.17, 15) is 4.79 Å². The summed E-state index contributed by atoms with van der Waals surface area (Å²) in [4.78, 5) is 29.1. The molecule has 6 nitrogen and oxygen atoms in total. The van der Waals surface area contributed by atoms with Crippen molar-refractivity contribution < 1.29 is 4.79 Å². The molecule has 0 radical (unpaired) electrons. The van der Waals surface area contributed by atoms with E-state index in [4.69, 9.17) is 4.98 Å². The first-order valence-corrected chi connectivity index (χ1v) is 11.5. The molecule has 1 aromatic heterocycles. The minimum Gasteiger partial charge on any atom is -0.338 e. The minimum atomic E-state index is 0.102. The molecule has 4 rings (SSSR count). The maximum Gasteiger partial charge on any atom is 0.246 e. The van der Waals surface area contributed by atoms with Crippen LogP contribution in [0.1, 0.15) is 50.8 Å². The van der Waals surface area contributed by atoms with Gasteiger partial charge in [0.1, 0.15) is 0 Å². The molecule has 1 aromatic rings. The molecular weight excluding hydrogens is 374 g/mol. The number of piperazine rings is 1. The van der Waals surface area contributed by atoms with Gasteiger partial charge >= 0.3 is 0 Å². The predicted octanol–water partition coefficient (Wildman–Crippen LogP) is 2.99. The first-order valence-electron chi connectivity index (χ1n) is 11.5. The zero-order chi connectivity index (χ0) is 20.9. The molecule has 1 saturated carbocycles. The molecule has 0 unspecified atom stereocenters. The van der Waals surface area contributed by atoms with Crippen LogP contribution in [-0.4, -0.2) is 71.0 Å². The monoisotopic (exact) mass is 409 g/mol. The van der Waals surface area contributed by atoms with Gasteiger partial charge in [-0.15, -0.1) is 0 Å². The van der Waals surface area contributed by atoms with Crippen molar-refractivity contribution in [3.63, 3.8) is 0 Å². The average Bonchev–Trinajstić information content (AvgIpc) is 2.92. The molecule has 2 aliphatic heterocycles. The van der Waals surface area contributed by atoms with Crippen LogP contribution < -0.4 is 4.90 Å². The van der Waals surface area contributed by atoms with E-state index in [-0.39, 0.29) is 5.91 Å². The predicted molar refractivity (Wildman–Crippen MR) is 121 cm³/mol. The van der Waals surface area contributed by atoms with Gasteiger partial charge in [0, 0.05) is 57.9 Å². The van der Waals surface area contributed by atoms with Crippen LogP contribution in [0.2, 0.25) is 0 Å². The summed E-state index contributed by atoms with van der Waals surface area (Å²) in [6, 6.07) is 0.819. The number of carbonyl (C=O) groups is 1. The van der Waals surface area contributed by atoms with Gasteiger partial charge in [0.05, 0.1) is 5.69 Å². The Hall–Kier alpha value is -2.21. The Morgan fingerprint density at radius 1 is 1.10 bits per heavy atom. The summed E-state index contributed by atoms with van der Waals surface area (Å²) in [6.07, 6.45) is 14.4. The smallest absolute Gasteiger partial charge is 0.246 e. The van der Waals surface area contributed by atoms with E-state index in [2.05, 4.69) is 34.7 Å². The summed E-state index contributed by atoms with van der Waals surface area (Å²) in [6.45, 7) is 9.87. The van der Waals surface area contributed by atoms with Crippen molar-refractivity contribution in [1.82, 2.24) is 19.8 Å². The van der Waals surface area contributed by atoms with Crippen LogP contribution in [0.5, 0.6) is 0 Å². The van der Waals surface area contributed by atoms with E-state index < -0.39 is 0 Å². The molecule has 0 aromatic carbocycles. The Bertz CT molecular complexity index is 802. The summed E-state index contributed by atoms with van der Waals surface area (Å²) in [7, 11) is 0. The van der Waals surface area contributed by atoms with Crippen molar-refractivity contribution in [1.29, 1.82) is 0 Å². The van der Waals surface area contributed by atoms with Crippen molar-refractivity contribution in [3.8, 4) is 0 Å².